The first-order valence-electron chi connectivity index (χ1n) is 20.1. The van der Waals surface area contributed by atoms with E-state index in [1.54, 1.807) is 0 Å². The van der Waals surface area contributed by atoms with Gasteiger partial charge in [0.1, 0.15) is 6.61 Å². The van der Waals surface area contributed by atoms with Gasteiger partial charge in [-0.2, -0.15) is 0 Å². The average Bonchev–Trinajstić information content (AvgIpc) is 3.14. The van der Waals surface area contributed by atoms with Crippen LogP contribution in [0.2, 0.25) is 0 Å². The highest BCUT2D eigenvalue weighted by Crippen LogP contribution is 2.07. The molecule has 0 saturated carbocycles. The Morgan fingerprint density at radius 2 is 0.788 bits per heavy atom. The minimum Gasteiger partial charge on any atom is -0.461 e. The van der Waals surface area contributed by atoms with Gasteiger partial charge in [-0.25, -0.2) is 0 Å². The van der Waals surface area contributed by atoms with Gasteiger partial charge >= 0.3 is 11.9 Å². The topological polar surface area (TPSA) is 61.8 Å². The molecule has 0 aromatic rings. The lowest BCUT2D eigenvalue weighted by atomic mass is 10.1. The Bertz CT molecular complexity index is 1130. The molecule has 5 heteroatoms. The molecule has 1 unspecified atom stereocenters. The molecule has 0 bridgehead atoms. The summed E-state index contributed by atoms with van der Waals surface area (Å²) in [6.07, 6.45) is 58.2. The number of allylic oxidation sites excluding steroid dienone is 18. The summed E-state index contributed by atoms with van der Waals surface area (Å²) >= 11 is 0. The number of carbonyl (C=O) groups excluding carboxylic acids is 2. The van der Waals surface area contributed by atoms with Gasteiger partial charge < -0.3 is 14.2 Å². The van der Waals surface area contributed by atoms with Crippen molar-refractivity contribution < 1.29 is 23.8 Å². The number of ether oxygens (including phenoxy) is 3. The Balaban J connectivity index is 4.48. The molecule has 0 N–H and O–H groups in total. The fourth-order valence-corrected chi connectivity index (χ4v) is 4.65. The maximum atomic E-state index is 12.6. The molecule has 1 atom stereocenters. The number of unbranched alkanes of at least 4 members (excludes halogenated alkanes) is 5. The van der Waals surface area contributed by atoms with Gasteiger partial charge in [-0.1, -0.05) is 174 Å². The zero-order chi connectivity index (χ0) is 37.8. The van der Waals surface area contributed by atoms with Gasteiger partial charge in [0, 0.05) is 6.61 Å². The Morgan fingerprint density at radius 3 is 1.21 bits per heavy atom. The summed E-state index contributed by atoms with van der Waals surface area (Å²) in [6, 6.07) is 0. The third-order valence-corrected chi connectivity index (χ3v) is 7.56. The van der Waals surface area contributed by atoms with Crippen LogP contribution in [0, 0.1) is 0 Å². The molecule has 0 fully saturated rings. The van der Waals surface area contributed by atoms with Gasteiger partial charge in [0.25, 0.3) is 0 Å². The summed E-state index contributed by atoms with van der Waals surface area (Å²) < 4.78 is 16.9. The van der Waals surface area contributed by atoms with Gasteiger partial charge in [0.2, 0.25) is 0 Å². The van der Waals surface area contributed by atoms with Crippen LogP contribution in [0.25, 0.3) is 0 Å². The van der Waals surface area contributed by atoms with E-state index >= 15 is 0 Å². The van der Waals surface area contributed by atoms with E-state index in [9.17, 15) is 9.59 Å². The van der Waals surface area contributed by atoms with E-state index in [1.165, 1.54) is 25.7 Å². The van der Waals surface area contributed by atoms with Crippen LogP contribution in [0.3, 0.4) is 0 Å². The molecule has 0 amide bonds. The first kappa shape index (κ1) is 48.3. The number of esters is 2. The van der Waals surface area contributed by atoms with Crippen LogP contribution in [0.1, 0.15) is 136 Å². The molecule has 0 spiro atoms. The maximum Gasteiger partial charge on any atom is 0.310 e. The van der Waals surface area contributed by atoms with Crippen molar-refractivity contribution in [2.24, 2.45) is 0 Å². The van der Waals surface area contributed by atoms with Gasteiger partial charge in [-0.15, -0.1) is 0 Å². The lowest BCUT2D eigenvalue weighted by Crippen LogP contribution is -2.29. The van der Waals surface area contributed by atoms with Crippen LogP contribution < -0.4 is 0 Å². The van der Waals surface area contributed by atoms with Crippen LogP contribution in [-0.2, 0) is 23.8 Å². The largest absolute Gasteiger partial charge is 0.461 e. The average molecular weight is 717 g/mol. The fraction of sp³-hybridized carbons (Fsp3) is 0.532. The quantitative estimate of drug-likeness (QED) is 0.0377. The third kappa shape index (κ3) is 39.1. The van der Waals surface area contributed by atoms with Crippen molar-refractivity contribution in [3.05, 3.63) is 122 Å². The van der Waals surface area contributed by atoms with E-state index in [0.29, 0.717) is 6.61 Å². The standard InChI is InChI=1S/C47H72O5/c1-4-7-10-13-16-18-20-22-24-26-28-30-32-34-37-40-46(48)51-44-45(43-50-42-39-36-15-12-9-6-3)52-47(49)41-38-35-33-31-29-27-25-23-21-19-17-14-11-8-5-2/h7-8,10-11,16-19,22-25,28-31,34-35,37-38,45H,4-6,9,12-15,20-21,26-27,32-33,36,39-44H2,1-3H3/b10-7-,11-8-,18-16-,19-17-,24-22-,25-23-,30-28-,31-29-,37-34-,38-35-. The van der Waals surface area contributed by atoms with Gasteiger partial charge in [0.05, 0.1) is 19.4 Å². The van der Waals surface area contributed by atoms with E-state index in [4.69, 9.17) is 14.2 Å². The summed E-state index contributed by atoms with van der Waals surface area (Å²) in [5.41, 5.74) is 0. The molecule has 0 aliphatic carbocycles. The van der Waals surface area contributed by atoms with Crippen LogP contribution in [0.4, 0.5) is 0 Å². The summed E-state index contributed by atoms with van der Waals surface area (Å²) in [7, 11) is 0. The first-order chi connectivity index (χ1) is 25.6. The summed E-state index contributed by atoms with van der Waals surface area (Å²) in [6.45, 7) is 7.29. The number of rotatable bonds is 34. The number of hydrogen-bond donors (Lipinski definition) is 0. The maximum absolute atomic E-state index is 12.6. The smallest absolute Gasteiger partial charge is 0.310 e. The minimum absolute atomic E-state index is 0.0164. The first-order valence-corrected chi connectivity index (χ1v) is 20.1. The van der Waals surface area contributed by atoms with Gasteiger partial charge in [-0.05, 0) is 70.6 Å². The second kappa shape index (κ2) is 41.7. The van der Waals surface area contributed by atoms with Crippen LogP contribution in [-0.4, -0.2) is 37.9 Å². The van der Waals surface area contributed by atoms with Crippen LogP contribution in [0.5, 0.6) is 0 Å². The molecule has 52 heavy (non-hydrogen) atoms. The van der Waals surface area contributed by atoms with E-state index in [2.05, 4.69) is 118 Å². The van der Waals surface area contributed by atoms with Crippen molar-refractivity contribution in [3.63, 3.8) is 0 Å². The zero-order valence-corrected chi connectivity index (χ0v) is 33.0. The highest BCUT2D eigenvalue weighted by atomic mass is 16.6. The molecule has 0 aliphatic heterocycles. The SMILES string of the molecule is CC/C=C\C/C=C\C/C=C\C/C=C\C/C=C\CC(=O)OCC(COCCCCCCCC)OC(=O)C/C=C\C/C=C\C/C=C\C/C=C\C/C=C\CC. The van der Waals surface area contributed by atoms with Crippen molar-refractivity contribution in [1.82, 2.24) is 0 Å². The van der Waals surface area contributed by atoms with Crippen LogP contribution >= 0.6 is 0 Å². The lowest BCUT2D eigenvalue weighted by molar-refractivity contribution is -0.161. The molecular weight excluding hydrogens is 645 g/mol. The van der Waals surface area contributed by atoms with Gasteiger partial charge in [-0.3, -0.25) is 9.59 Å². The molecule has 290 valence electrons. The predicted molar refractivity (Wildman–Crippen MR) is 223 cm³/mol. The Hall–Kier alpha value is -3.70. The van der Waals surface area contributed by atoms with Crippen molar-refractivity contribution in [2.45, 2.75) is 142 Å². The van der Waals surface area contributed by atoms with Crippen molar-refractivity contribution in [1.29, 1.82) is 0 Å². The molecule has 5 nitrogen and oxygen atoms in total. The lowest BCUT2D eigenvalue weighted by Gasteiger charge is -2.18. The molecule has 0 aromatic heterocycles. The molecule has 0 heterocycles. The second-order valence-corrected chi connectivity index (χ2v) is 12.5. The highest BCUT2D eigenvalue weighted by molar-refractivity contribution is 5.72. The Kier molecular flexibility index (Phi) is 38.8. The Labute approximate surface area is 318 Å². The molecule has 0 radical (unpaired) electrons. The van der Waals surface area contributed by atoms with Crippen molar-refractivity contribution in [2.75, 3.05) is 19.8 Å². The molecule has 0 aliphatic rings. The zero-order valence-electron chi connectivity index (χ0n) is 33.0. The molecule has 0 aromatic carbocycles. The second-order valence-electron chi connectivity index (χ2n) is 12.5. The van der Waals surface area contributed by atoms with Crippen molar-refractivity contribution in [3.8, 4) is 0 Å². The normalized spacial score (nSPS) is 13.5. The number of hydrogen-bond acceptors (Lipinski definition) is 5. The number of carbonyl (C=O) groups is 2. The molecular formula is C47H72O5. The summed E-state index contributed by atoms with van der Waals surface area (Å²) in [5, 5.41) is 0. The van der Waals surface area contributed by atoms with Gasteiger partial charge in [0.15, 0.2) is 6.10 Å². The Morgan fingerprint density at radius 1 is 0.423 bits per heavy atom. The van der Waals surface area contributed by atoms with E-state index < -0.39 is 6.10 Å². The van der Waals surface area contributed by atoms with Crippen LogP contribution in [0.15, 0.2) is 122 Å². The third-order valence-electron chi connectivity index (χ3n) is 7.56. The van der Waals surface area contributed by atoms with E-state index in [1.807, 2.05) is 24.3 Å². The highest BCUT2D eigenvalue weighted by Gasteiger charge is 2.16. The predicted octanol–water partition coefficient (Wildman–Crippen LogP) is 13.1. The van der Waals surface area contributed by atoms with Crippen molar-refractivity contribution >= 4 is 11.9 Å². The molecule has 0 saturated heterocycles. The van der Waals surface area contributed by atoms with E-state index in [0.717, 1.165) is 77.0 Å². The van der Waals surface area contributed by atoms with E-state index in [-0.39, 0.29) is 38.0 Å². The summed E-state index contributed by atoms with van der Waals surface area (Å²) in [5.74, 6) is -0.709. The molecule has 0 rings (SSSR count). The fourth-order valence-electron chi connectivity index (χ4n) is 4.65. The monoisotopic (exact) mass is 717 g/mol. The minimum atomic E-state index is -0.632. The summed E-state index contributed by atoms with van der Waals surface area (Å²) in [4.78, 5) is 24.9.